The van der Waals surface area contributed by atoms with Crippen molar-refractivity contribution in [1.82, 2.24) is 0 Å². The minimum absolute atomic E-state index is 0.104. The summed E-state index contributed by atoms with van der Waals surface area (Å²) in [6, 6.07) is 0. The van der Waals surface area contributed by atoms with E-state index in [1.165, 1.54) is 6.42 Å². The van der Waals surface area contributed by atoms with Crippen molar-refractivity contribution in [2.75, 3.05) is 0 Å². The van der Waals surface area contributed by atoms with Gasteiger partial charge in [-0.15, -0.1) is 0 Å². The molecule has 0 amide bonds. The minimum atomic E-state index is -0.198. The predicted molar refractivity (Wildman–Crippen MR) is 59.7 cm³/mol. The van der Waals surface area contributed by atoms with Crippen molar-refractivity contribution in [3.63, 3.8) is 0 Å². The van der Waals surface area contributed by atoms with E-state index in [0.29, 0.717) is 12.2 Å². The third-order valence-electron chi connectivity index (χ3n) is 4.17. The first-order valence-electron chi connectivity index (χ1n) is 6.06. The first kappa shape index (κ1) is 11.1. The Morgan fingerprint density at radius 3 is 2.60 bits per heavy atom. The number of carbonyl (C=O) groups is 1. The van der Waals surface area contributed by atoms with Crippen molar-refractivity contribution >= 4 is 5.78 Å². The number of rotatable bonds is 0. The van der Waals surface area contributed by atoms with Gasteiger partial charge in [0.05, 0.1) is 17.6 Å². The lowest BCUT2D eigenvalue weighted by Crippen LogP contribution is -2.57. The standard InChI is InChI=1S/C13H22O2/c1-9-8-10(14)11-12(2,3)6-5-7-13(11,4)15-9/h9,11H,5-8H2,1-4H3/t9-,11?,13+/m0/s1. The molecular weight excluding hydrogens is 188 g/mol. The fourth-order valence-electron chi connectivity index (χ4n) is 3.82. The summed E-state index contributed by atoms with van der Waals surface area (Å²) in [6.07, 6.45) is 4.07. The van der Waals surface area contributed by atoms with Crippen LogP contribution in [0.1, 0.15) is 53.4 Å². The number of hydrogen-bond acceptors (Lipinski definition) is 2. The summed E-state index contributed by atoms with van der Waals surface area (Å²) in [4.78, 5) is 12.2. The monoisotopic (exact) mass is 210 g/mol. The summed E-state index contributed by atoms with van der Waals surface area (Å²) in [7, 11) is 0. The number of fused-ring (bicyclic) bond motifs is 1. The zero-order valence-electron chi connectivity index (χ0n) is 10.3. The Morgan fingerprint density at radius 2 is 1.93 bits per heavy atom. The summed E-state index contributed by atoms with van der Waals surface area (Å²) < 4.78 is 6.06. The van der Waals surface area contributed by atoms with E-state index in [-0.39, 0.29) is 23.0 Å². The van der Waals surface area contributed by atoms with Crippen LogP contribution < -0.4 is 0 Å². The van der Waals surface area contributed by atoms with Gasteiger partial charge in [-0.3, -0.25) is 4.79 Å². The second-order valence-electron chi connectivity index (χ2n) is 6.19. The van der Waals surface area contributed by atoms with E-state index in [4.69, 9.17) is 4.74 Å². The fraction of sp³-hybridized carbons (Fsp3) is 0.923. The van der Waals surface area contributed by atoms with E-state index in [1.807, 2.05) is 6.92 Å². The second-order valence-corrected chi connectivity index (χ2v) is 6.19. The highest BCUT2D eigenvalue weighted by Crippen LogP contribution is 2.51. The molecule has 1 saturated heterocycles. The van der Waals surface area contributed by atoms with Crippen LogP contribution in [0, 0.1) is 11.3 Å². The van der Waals surface area contributed by atoms with E-state index in [1.54, 1.807) is 0 Å². The highest BCUT2D eigenvalue weighted by Gasteiger charge is 2.54. The van der Waals surface area contributed by atoms with E-state index in [0.717, 1.165) is 12.8 Å². The van der Waals surface area contributed by atoms with E-state index < -0.39 is 0 Å². The summed E-state index contributed by atoms with van der Waals surface area (Å²) in [5, 5.41) is 0. The number of ether oxygens (including phenoxy) is 1. The highest BCUT2D eigenvalue weighted by atomic mass is 16.5. The molecule has 0 aromatic heterocycles. The molecular formula is C13H22O2. The van der Waals surface area contributed by atoms with Crippen LogP contribution in [0.3, 0.4) is 0 Å². The topological polar surface area (TPSA) is 26.3 Å². The third-order valence-corrected chi connectivity index (χ3v) is 4.17. The van der Waals surface area contributed by atoms with Crippen molar-refractivity contribution in [3.05, 3.63) is 0 Å². The van der Waals surface area contributed by atoms with Crippen LogP contribution in [0.15, 0.2) is 0 Å². The number of carbonyl (C=O) groups excluding carboxylic acids is 1. The van der Waals surface area contributed by atoms with Crippen molar-refractivity contribution in [2.24, 2.45) is 11.3 Å². The molecule has 3 atom stereocenters. The average Bonchev–Trinajstić information content (AvgIpc) is 1.97. The lowest BCUT2D eigenvalue weighted by atomic mass is 9.58. The van der Waals surface area contributed by atoms with E-state index in [9.17, 15) is 4.79 Å². The second kappa shape index (κ2) is 3.31. The van der Waals surface area contributed by atoms with Crippen LogP contribution in [-0.4, -0.2) is 17.5 Å². The van der Waals surface area contributed by atoms with Crippen LogP contribution in [0.4, 0.5) is 0 Å². The molecule has 1 saturated carbocycles. The Labute approximate surface area is 92.4 Å². The lowest BCUT2D eigenvalue weighted by molar-refractivity contribution is -0.195. The number of hydrogen-bond donors (Lipinski definition) is 0. The van der Waals surface area contributed by atoms with Gasteiger partial charge in [0.2, 0.25) is 0 Å². The SMILES string of the molecule is C[C@H]1CC(=O)C2C(C)(C)CCC[C@@]2(C)O1. The fourth-order valence-corrected chi connectivity index (χ4v) is 3.82. The summed E-state index contributed by atoms with van der Waals surface area (Å²) >= 11 is 0. The molecule has 0 bridgehead atoms. The normalized spacial score (nSPS) is 44.9. The predicted octanol–water partition coefficient (Wildman–Crippen LogP) is 2.95. The maximum Gasteiger partial charge on any atom is 0.141 e. The maximum atomic E-state index is 12.2. The van der Waals surface area contributed by atoms with Gasteiger partial charge in [-0.2, -0.15) is 0 Å². The molecule has 0 aromatic carbocycles. The molecule has 2 heteroatoms. The molecule has 2 fully saturated rings. The zero-order chi connectivity index (χ0) is 11.3. The Bertz CT molecular complexity index is 282. The molecule has 0 N–H and O–H groups in total. The summed E-state index contributed by atoms with van der Waals surface area (Å²) in [5.41, 5.74) is -0.0826. The molecule has 2 nitrogen and oxygen atoms in total. The van der Waals surface area contributed by atoms with Gasteiger partial charge >= 0.3 is 0 Å². The molecule has 1 unspecified atom stereocenters. The molecule has 86 valence electrons. The van der Waals surface area contributed by atoms with Crippen molar-refractivity contribution < 1.29 is 9.53 Å². The van der Waals surface area contributed by atoms with Crippen molar-refractivity contribution in [3.8, 4) is 0 Å². The molecule has 1 heterocycles. The molecule has 2 rings (SSSR count). The Balaban J connectivity index is 2.34. The summed E-state index contributed by atoms with van der Waals surface area (Å²) in [6.45, 7) is 8.58. The van der Waals surface area contributed by atoms with Gasteiger partial charge in [-0.25, -0.2) is 0 Å². The molecule has 15 heavy (non-hydrogen) atoms. The molecule has 0 radical (unpaired) electrons. The van der Waals surface area contributed by atoms with Crippen LogP contribution in [0.25, 0.3) is 0 Å². The third kappa shape index (κ3) is 1.73. The quantitative estimate of drug-likeness (QED) is 0.614. The van der Waals surface area contributed by atoms with Gasteiger partial charge in [-0.05, 0) is 32.1 Å². The van der Waals surface area contributed by atoms with Gasteiger partial charge in [0, 0.05) is 6.42 Å². The Morgan fingerprint density at radius 1 is 1.27 bits per heavy atom. The van der Waals surface area contributed by atoms with Crippen LogP contribution >= 0.6 is 0 Å². The number of Topliss-reactive ketones (excluding diaryl/α,β-unsaturated/α-hetero) is 1. The van der Waals surface area contributed by atoms with Crippen LogP contribution in [0.5, 0.6) is 0 Å². The van der Waals surface area contributed by atoms with E-state index >= 15 is 0 Å². The lowest BCUT2D eigenvalue weighted by Gasteiger charge is -2.53. The average molecular weight is 210 g/mol. The highest BCUT2D eigenvalue weighted by molar-refractivity contribution is 5.84. The van der Waals surface area contributed by atoms with Gasteiger partial charge in [0.25, 0.3) is 0 Å². The molecule has 0 aromatic rings. The van der Waals surface area contributed by atoms with Gasteiger partial charge < -0.3 is 4.74 Å². The van der Waals surface area contributed by atoms with E-state index in [2.05, 4.69) is 20.8 Å². The molecule has 0 spiro atoms. The first-order valence-corrected chi connectivity index (χ1v) is 6.06. The van der Waals surface area contributed by atoms with Crippen LogP contribution in [-0.2, 0) is 9.53 Å². The molecule has 1 aliphatic carbocycles. The van der Waals surface area contributed by atoms with Gasteiger partial charge in [0.1, 0.15) is 5.78 Å². The molecule has 2 aliphatic rings. The first-order chi connectivity index (χ1) is 6.85. The Hall–Kier alpha value is -0.370. The van der Waals surface area contributed by atoms with Crippen molar-refractivity contribution in [1.29, 1.82) is 0 Å². The number of ketones is 1. The van der Waals surface area contributed by atoms with Crippen molar-refractivity contribution in [2.45, 2.75) is 65.1 Å². The molecule has 1 aliphatic heterocycles. The largest absolute Gasteiger partial charge is 0.371 e. The summed E-state index contributed by atoms with van der Waals surface area (Å²) in [5.74, 6) is 0.524. The zero-order valence-corrected chi connectivity index (χ0v) is 10.3. The maximum absolute atomic E-state index is 12.2. The smallest absolute Gasteiger partial charge is 0.141 e. The van der Waals surface area contributed by atoms with Gasteiger partial charge in [-0.1, -0.05) is 20.3 Å². The van der Waals surface area contributed by atoms with Crippen LogP contribution in [0.2, 0.25) is 0 Å². The Kier molecular flexibility index (Phi) is 2.45. The minimum Gasteiger partial charge on any atom is -0.371 e. The van der Waals surface area contributed by atoms with Gasteiger partial charge in [0.15, 0.2) is 0 Å².